The molecule has 0 aliphatic heterocycles. The molecule has 2 aromatic rings. The minimum Gasteiger partial charge on any atom is -0.342 e. The Labute approximate surface area is 132 Å². The van der Waals surface area contributed by atoms with Crippen molar-refractivity contribution in [2.75, 3.05) is 0 Å². The van der Waals surface area contributed by atoms with Gasteiger partial charge in [0.25, 0.3) is 11.8 Å². The van der Waals surface area contributed by atoms with Gasteiger partial charge in [0.15, 0.2) is 5.82 Å². The van der Waals surface area contributed by atoms with Crippen LogP contribution in [0.15, 0.2) is 28.8 Å². The lowest BCUT2D eigenvalue weighted by Gasteiger charge is -2.16. The van der Waals surface area contributed by atoms with Crippen LogP contribution in [-0.2, 0) is 5.41 Å². The Balaban J connectivity index is 1.76. The van der Waals surface area contributed by atoms with Crippen LogP contribution in [0.2, 0.25) is 0 Å². The molecule has 0 radical (unpaired) electrons. The van der Waals surface area contributed by atoms with E-state index < -0.39 is 18.4 Å². The molecule has 1 aromatic carbocycles. The van der Waals surface area contributed by atoms with Gasteiger partial charge >= 0.3 is 6.43 Å². The molecule has 1 amide bonds. The van der Waals surface area contributed by atoms with Crippen LogP contribution < -0.4 is 5.32 Å². The van der Waals surface area contributed by atoms with Gasteiger partial charge in [-0.05, 0) is 36.8 Å². The zero-order chi connectivity index (χ0) is 16.6. The van der Waals surface area contributed by atoms with Crippen molar-refractivity contribution < 1.29 is 18.1 Å². The lowest BCUT2D eigenvalue weighted by molar-refractivity contribution is 0.0935. The normalized spacial score (nSPS) is 17.1. The van der Waals surface area contributed by atoms with Gasteiger partial charge in [-0.3, -0.25) is 4.79 Å². The molecular formula is C16H17F2N3O2. The summed E-state index contributed by atoms with van der Waals surface area (Å²) in [6, 6.07) is 6.81. The molecule has 0 spiro atoms. The summed E-state index contributed by atoms with van der Waals surface area (Å²) in [5.41, 5.74) is 1.65. The van der Waals surface area contributed by atoms with Gasteiger partial charge in [0.2, 0.25) is 0 Å². The number of hydrogen-bond acceptors (Lipinski definition) is 4. The number of amides is 1. The minimum atomic E-state index is -2.82. The number of rotatable bonds is 5. The van der Waals surface area contributed by atoms with Gasteiger partial charge < -0.3 is 9.84 Å². The molecule has 7 heteroatoms. The average Bonchev–Trinajstić information content (AvgIpc) is 3.09. The smallest absolute Gasteiger partial charge is 0.315 e. The summed E-state index contributed by atoms with van der Waals surface area (Å²) in [6.07, 6.45) is -0.722. The van der Waals surface area contributed by atoms with Crippen molar-refractivity contribution in [1.29, 1.82) is 0 Å². The van der Waals surface area contributed by atoms with Crippen molar-refractivity contribution in [3.63, 3.8) is 0 Å². The molecule has 1 aliphatic rings. The summed E-state index contributed by atoms with van der Waals surface area (Å²) >= 11 is 0. The maximum Gasteiger partial charge on any atom is 0.315 e. The summed E-state index contributed by atoms with van der Waals surface area (Å²) in [7, 11) is 0. The molecule has 122 valence electrons. The van der Waals surface area contributed by atoms with Crippen LogP contribution in [0, 0.1) is 0 Å². The van der Waals surface area contributed by atoms with Crippen LogP contribution in [0.5, 0.6) is 0 Å². The molecule has 1 unspecified atom stereocenters. The standard InChI is InChI=1S/C16H17F2N3O2/c1-9(13-20-15(12(17)18)23-21-13)19-14(22)10-5-3-4-6-11(10)16(2)7-8-16/h3-6,9,12H,7-8H2,1-2H3,(H,19,22). The fourth-order valence-electron chi connectivity index (χ4n) is 2.51. The fourth-order valence-corrected chi connectivity index (χ4v) is 2.51. The van der Waals surface area contributed by atoms with Crippen LogP contribution in [0.25, 0.3) is 0 Å². The second-order valence-corrected chi connectivity index (χ2v) is 6.09. The zero-order valence-electron chi connectivity index (χ0n) is 12.8. The van der Waals surface area contributed by atoms with Crippen molar-refractivity contribution in [2.24, 2.45) is 0 Å². The molecule has 1 N–H and O–H groups in total. The van der Waals surface area contributed by atoms with E-state index >= 15 is 0 Å². The van der Waals surface area contributed by atoms with E-state index in [2.05, 4.69) is 26.9 Å². The molecule has 1 saturated carbocycles. The lowest BCUT2D eigenvalue weighted by Crippen LogP contribution is -2.29. The SMILES string of the molecule is CC(NC(=O)c1ccccc1C1(C)CC1)c1noc(C(F)F)n1. The number of nitrogens with one attached hydrogen (secondary N) is 1. The van der Waals surface area contributed by atoms with Crippen LogP contribution >= 0.6 is 0 Å². The third-order valence-corrected chi connectivity index (χ3v) is 4.20. The predicted octanol–water partition coefficient (Wildman–Crippen LogP) is 3.55. The van der Waals surface area contributed by atoms with E-state index in [1.807, 2.05) is 12.1 Å². The highest BCUT2D eigenvalue weighted by Crippen LogP contribution is 2.48. The van der Waals surface area contributed by atoms with E-state index in [0.717, 1.165) is 18.4 Å². The van der Waals surface area contributed by atoms with Gasteiger partial charge in [0.05, 0.1) is 6.04 Å². The van der Waals surface area contributed by atoms with Gasteiger partial charge in [0.1, 0.15) is 0 Å². The number of nitrogens with zero attached hydrogens (tertiary/aromatic N) is 2. The van der Waals surface area contributed by atoms with E-state index in [1.54, 1.807) is 19.1 Å². The summed E-state index contributed by atoms with van der Waals surface area (Å²) < 4.78 is 29.4. The Kier molecular flexibility index (Phi) is 3.87. The number of carbonyl (C=O) groups excluding carboxylic acids is 1. The van der Waals surface area contributed by atoms with Crippen LogP contribution in [0.3, 0.4) is 0 Å². The molecule has 0 bridgehead atoms. The monoisotopic (exact) mass is 321 g/mol. The Morgan fingerprint density at radius 3 is 2.65 bits per heavy atom. The molecule has 1 aliphatic carbocycles. The molecule has 5 nitrogen and oxygen atoms in total. The minimum absolute atomic E-state index is 0.0313. The lowest BCUT2D eigenvalue weighted by atomic mass is 9.92. The van der Waals surface area contributed by atoms with Crippen LogP contribution in [-0.4, -0.2) is 16.0 Å². The van der Waals surface area contributed by atoms with Crippen LogP contribution in [0.1, 0.15) is 66.8 Å². The zero-order valence-corrected chi connectivity index (χ0v) is 12.8. The van der Waals surface area contributed by atoms with Gasteiger partial charge in [-0.25, -0.2) is 0 Å². The first-order valence-electron chi connectivity index (χ1n) is 7.43. The van der Waals surface area contributed by atoms with Crippen molar-refractivity contribution in [2.45, 2.75) is 44.6 Å². The Morgan fingerprint density at radius 1 is 1.35 bits per heavy atom. The summed E-state index contributed by atoms with van der Waals surface area (Å²) in [6.45, 7) is 3.75. The molecule has 1 fully saturated rings. The summed E-state index contributed by atoms with van der Waals surface area (Å²) in [4.78, 5) is 16.1. The van der Waals surface area contributed by atoms with Crippen molar-refractivity contribution in [1.82, 2.24) is 15.5 Å². The second kappa shape index (κ2) is 5.72. The topological polar surface area (TPSA) is 68.0 Å². The van der Waals surface area contributed by atoms with E-state index in [4.69, 9.17) is 0 Å². The molecule has 1 aromatic heterocycles. The number of benzene rings is 1. The quantitative estimate of drug-likeness (QED) is 0.914. The maximum absolute atomic E-state index is 12.5. The summed E-state index contributed by atoms with van der Waals surface area (Å²) in [5.74, 6) is -0.986. The van der Waals surface area contributed by atoms with Gasteiger partial charge in [-0.15, -0.1) is 0 Å². The van der Waals surface area contributed by atoms with Crippen molar-refractivity contribution in [3.8, 4) is 0 Å². The average molecular weight is 321 g/mol. The first-order valence-corrected chi connectivity index (χ1v) is 7.43. The first kappa shape index (κ1) is 15.6. The summed E-state index contributed by atoms with van der Waals surface area (Å²) in [5, 5.41) is 6.22. The predicted molar refractivity (Wildman–Crippen MR) is 78.2 cm³/mol. The maximum atomic E-state index is 12.5. The van der Waals surface area contributed by atoms with E-state index in [0.29, 0.717) is 5.56 Å². The van der Waals surface area contributed by atoms with Crippen LogP contribution in [0.4, 0.5) is 8.78 Å². The highest BCUT2D eigenvalue weighted by Gasteiger charge is 2.41. The number of halogens is 2. The second-order valence-electron chi connectivity index (χ2n) is 6.09. The van der Waals surface area contributed by atoms with Gasteiger partial charge in [0, 0.05) is 5.56 Å². The molecule has 23 heavy (non-hydrogen) atoms. The van der Waals surface area contributed by atoms with E-state index in [9.17, 15) is 13.6 Å². The third-order valence-electron chi connectivity index (χ3n) is 4.20. The van der Waals surface area contributed by atoms with Crippen molar-refractivity contribution >= 4 is 5.91 Å². The Bertz CT molecular complexity index is 726. The number of aromatic nitrogens is 2. The van der Waals surface area contributed by atoms with E-state index in [1.165, 1.54) is 0 Å². The number of hydrogen-bond donors (Lipinski definition) is 1. The Morgan fingerprint density at radius 2 is 2.04 bits per heavy atom. The highest BCUT2D eigenvalue weighted by atomic mass is 19.3. The molecular weight excluding hydrogens is 304 g/mol. The van der Waals surface area contributed by atoms with Gasteiger partial charge in [-0.1, -0.05) is 30.3 Å². The fraction of sp³-hybridized carbons (Fsp3) is 0.438. The number of alkyl halides is 2. The highest BCUT2D eigenvalue weighted by molar-refractivity contribution is 5.96. The first-order chi connectivity index (χ1) is 10.9. The van der Waals surface area contributed by atoms with Crippen molar-refractivity contribution in [3.05, 3.63) is 47.1 Å². The molecule has 1 heterocycles. The Hall–Kier alpha value is -2.31. The molecule has 3 rings (SSSR count). The molecule has 0 saturated heterocycles. The molecule has 1 atom stereocenters. The number of carbonyl (C=O) groups is 1. The van der Waals surface area contributed by atoms with Gasteiger partial charge in [-0.2, -0.15) is 13.8 Å². The third kappa shape index (κ3) is 3.09. The van der Waals surface area contributed by atoms with E-state index in [-0.39, 0.29) is 17.1 Å². The largest absolute Gasteiger partial charge is 0.342 e.